The van der Waals surface area contributed by atoms with E-state index in [1.54, 1.807) is 5.57 Å². The summed E-state index contributed by atoms with van der Waals surface area (Å²) >= 11 is 0. The Hall–Kier alpha value is 0.151. The highest BCUT2D eigenvalue weighted by Crippen LogP contribution is 2.67. The van der Waals surface area contributed by atoms with Crippen molar-refractivity contribution in [3.8, 4) is 0 Å². The van der Waals surface area contributed by atoms with Gasteiger partial charge in [-0.2, -0.15) is 0 Å². The quantitative estimate of drug-likeness (QED) is 0.140. The lowest BCUT2D eigenvalue weighted by atomic mass is 9.47. The summed E-state index contributed by atoms with van der Waals surface area (Å²) in [4.78, 5) is 0. The third kappa shape index (κ3) is 9.76. The summed E-state index contributed by atoms with van der Waals surface area (Å²) in [6, 6.07) is 0. The monoisotopic (exact) mass is 765 g/mol. The summed E-state index contributed by atoms with van der Waals surface area (Å²) in [6.07, 6.45) is 14.8. The van der Waals surface area contributed by atoms with Gasteiger partial charge in [0.2, 0.25) is 0 Å². The zero-order chi connectivity index (χ0) is 37.7. The van der Waals surface area contributed by atoms with Crippen molar-refractivity contribution in [2.24, 2.45) is 46.3 Å². The molecule has 13 atom stereocenters. The van der Waals surface area contributed by atoms with Gasteiger partial charge < -0.3 is 27.9 Å². The highest BCUT2D eigenvalue weighted by Gasteiger charge is 2.60. The number of aliphatic hydroxyl groups is 1. The van der Waals surface area contributed by atoms with E-state index in [2.05, 4.69) is 99.6 Å². The van der Waals surface area contributed by atoms with Crippen LogP contribution in [-0.4, -0.2) is 73.5 Å². The Kier molecular flexibility index (Phi) is 13.2. The molecule has 296 valence electrons. The molecule has 1 saturated heterocycles. The van der Waals surface area contributed by atoms with E-state index in [1.165, 1.54) is 57.8 Å². The smallest absolute Gasteiger partial charge is 0.185 e. The molecule has 3 saturated carbocycles. The zero-order valence-corrected chi connectivity index (χ0v) is 38.5. The molecule has 0 bridgehead atoms. The van der Waals surface area contributed by atoms with Crippen molar-refractivity contribution in [2.75, 3.05) is 6.61 Å². The molecule has 0 spiro atoms. The second kappa shape index (κ2) is 16.0. The number of aliphatic hydroxyl groups excluding tert-OH is 1. The van der Waals surface area contributed by atoms with Gasteiger partial charge in [0.25, 0.3) is 0 Å². The van der Waals surface area contributed by atoms with Crippen molar-refractivity contribution in [1.29, 1.82) is 0 Å². The molecule has 5 aliphatic rings. The number of ether oxygens (including phenoxy) is 2. The predicted molar refractivity (Wildman–Crippen MR) is 218 cm³/mol. The molecule has 6 unspecified atom stereocenters. The zero-order valence-electron chi connectivity index (χ0n) is 35.5. The number of fused-ring (bicyclic) bond motifs is 5. The number of hydrogen-bond donors (Lipinski definition) is 1. The van der Waals surface area contributed by atoms with Crippen molar-refractivity contribution in [1.82, 2.24) is 0 Å². The summed E-state index contributed by atoms with van der Waals surface area (Å²) in [5.74, 6) is 5.05. The number of allylic oxidation sites excluding steroid dienone is 1. The molecule has 0 radical (unpaired) electrons. The van der Waals surface area contributed by atoms with Crippen LogP contribution in [0.15, 0.2) is 11.6 Å². The lowest BCUT2D eigenvalue weighted by Crippen LogP contribution is -2.66. The minimum absolute atomic E-state index is 0.0661. The molecule has 5 rings (SSSR count). The molecule has 0 aromatic heterocycles. The van der Waals surface area contributed by atoms with Gasteiger partial charge in [0.15, 0.2) is 31.2 Å². The van der Waals surface area contributed by atoms with Crippen LogP contribution in [0.1, 0.15) is 105 Å². The molecule has 0 aromatic carbocycles. The highest BCUT2D eigenvalue weighted by atomic mass is 28.4. The molecular formula is C42H80O6Si3. The Morgan fingerprint density at radius 1 is 0.784 bits per heavy atom. The Balaban J connectivity index is 1.33. The topological polar surface area (TPSA) is 66.4 Å². The summed E-state index contributed by atoms with van der Waals surface area (Å²) in [5.41, 5.74) is 2.41. The van der Waals surface area contributed by atoms with Crippen molar-refractivity contribution in [3.05, 3.63) is 11.6 Å². The van der Waals surface area contributed by atoms with E-state index < -0.39 is 49.6 Å². The van der Waals surface area contributed by atoms with Crippen LogP contribution in [0.25, 0.3) is 0 Å². The normalized spacial score (nSPS) is 41.1. The van der Waals surface area contributed by atoms with Crippen LogP contribution in [0, 0.1) is 46.3 Å². The molecule has 0 amide bonds. The fourth-order valence-corrected chi connectivity index (χ4v) is 15.0. The minimum atomic E-state index is -2.03. The molecular weight excluding hydrogens is 685 g/mol. The second-order valence-corrected chi connectivity index (χ2v) is 35.0. The van der Waals surface area contributed by atoms with E-state index in [0.29, 0.717) is 5.41 Å². The minimum Gasteiger partial charge on any atom is -0.409 e. The van der Waals surface area contributed by atoms with Gasteiger partial charge >= 0.3 is 0 Å². The van der Waals surface area contributed by atoms with Crippen LogP contribution >= 0.6 is 0 Å². The van der Waals surface area contributed by atoms with Crippen LogP contribution in [0.5, 0.6) is 0 Å². The van der Waals surface area contributed by atoms with Gasteiger partial charge in [-0.3, -0.25) is 0 Å². The Bertz CT molecular complexity index is 1190. The van der Waals surface area contributed by atoms with E-state index in [-0.39, 0.29) is 24.2 Å². The predicted octanol–water partition coefficient (Wildman–Crippen LogP) is 10.8. The number of hydrogen-bond acceptors (Lipinski definition) is 6. The lowest BCUT2D eigenvalue weighted by Gasteiger charge is -2.59. The van der Waals surface area contributed by atoms with E-state index >= 15 is 0 Å². The Morgan fingerprint density at radius 3 is 2.02 bits per heavy atom. The summed E-state index contributed by atoms with van der Waals surface area (Å²) in [7, 11) is -6.05. The molecule has 4 fully saturated rings. The van der Waals surface area contributed by atoms with Crippen molar-refractivity contribution in [2.45, 2.75) is 201 Å². The molecule has 4 aliphatic carbocycles. The van der Waals surface area contributed by atoms with E-state index in [0.717, 1.165) is 48.3 Å². The van der Waals surface area contributed by atoms with Crippen molar-refractivity contribution < 1.29 is 27.9 Å². The first-order valence-corrected chi connectivity index (χ1v) is 31.4. The average Bonchev–Trinajstić information content (AvgIpc) is 3.35. The van der Waals surface area contributed by atoms with Gasteiger partial charge in [-0.15, -0.1) is 0 Å². The first kappa shape index (κ1) is 42.3. The lowest BCUT2D eigenvalue weighted by molar-refractivity contribution is -0.304. The Labute approximate surface area is 317 Å². The van der Waals surface area contributed by atoms with E-state index in [1.807, 2.05) is 0 Å². The summed E-state index contributed by atoms with van der Waals surface area (Å²) in [5, 5.41) is 10.7. The standard InChI is InChI=1S/C42H80O6Si3/c1-28(2)16-15-17-29(3)33-20-21-34-32-19-18-30-26-31(22-24-41(30,4)35(32)23-25-42(33,34)5)44-40-39(48-51(12,13)14)38(47-50(9,10)11)37(36(27-43)45-40)46-49(6,7)8/h18,28-29,31-40,43H,15-17,19-27H2,1-14H3/t29-,31?,32?,33-,34?,35?,36?,37-,38+,39?,40+,41+,42-/m1/s1. The SMILES string of the molecule is CC(C)CCC[C@@H](C)[C@H]1CCC2C3CC=C4CC(O[C@H]5OC(CO)[C@@H](O[Si](C)(C)C)[C@H](O[Si](C)(C)C)C5O[Si](C)(C)C)CC[C@]4(C)C3CC[C@@]21C. The summed E-state index contributed by atoms with van der Waals surface area (Å²) in [6.45, 7) is 32.5. The van der Waals surface area contributed by atoms with Crippen LogP contribution in [0.4, 0.5) is 0 Å². The maximum atomic E-state index is 10.7. The largest absolute Gasteiger partial charge is 0.409 e. The van der Waals surface area contributed by atoms with E-state index in [9.17, 15) is 5.11 Å². The Morgan fingerprint density at radius 2 is 1.41 bits per heavy atom. The molecule has 1 heterocycles. The first-order chi connectivity index (χ1) is 23.5. The van der Waals surface area contributed by atoms with Crippen molar-refractivity contribution in [3.63, 3.8) is 0 Å². The number of rotatable bonds is 14. The van der Waals surface area contributed by atoms with Gasteiger partial charge in [-0.05, 0) is 157 Å². The molecule has 51 heavy (non-hydrogen) atoms. The van der Waals surface area contributed by atoms with Gasteiger partial charge in [0.05, 0.1) is 12.7 Å². The molecule has 1 N–H and O–H groups in total. The molecule has 6 nitrogen and oxygen atoms in total. The van der Waals surface area contributed by atoms with Crippen LogP contribution in [-0.2, 0) is 22.8 Å². The van der Waals surface area contributed by atoms with Crippen molar-refractivity contribution >= 4 is 25.0 Å². The van der Waals surface area contributed by atoms with Crippen LogP contribution in [0.2, 0.25) is 58.9 Å². The third-order valence-electron chi connectivity index (χ3n) is 13.8. The second-order valence-electron chi connectivity index (χ2n) is 21.6. The molecule has 1 aliphatic heterocycles. The van der Waals surface area contributed by atoms with Gasteiger partial charge in [0.1, 0.15) is 24.4 Å². The summed E-state index contributed by atoms with van der Waals surface area (Å²) < 4.78 is 34.4. The van der Waals surface area contributed by atoms with Gasteiger partial charge in [0, 0.05) is 0 Å². The van der Waals surface area contributed by atoms with Gasteiger partial charge in [-0.1, -0.05) is 65.5 Å². The fraction of sp³-hybridized carbons (Fsp3) is 0.952. The maximum Gasteiger partial charge on any atom is 0.185 e. The molecule has 9 heteroatoms. The third-order valence-corrected chi connectivity index (χ3v) is 16.8. The maximum absolute atomic E-state index is 10.7. The van der Waals surface area contributed by atoms with E-state index in [4.69, 9.17) is 22.8 Å². The molecule has 0 aromatic rings. The van der Waals surface area contributed by atoms with Crippen LogP contribution in [0.3, 0.4) is 0 Å². The average molecular weight is 765 g/mol. The highest BCUT2D eigenvalue weighted by molar-refractivity contribution is 6.70. The van der Waals surface area contributed by atoms with Crippen LogP contribution < -0.4 is 0 Å². The first-order valence-electron chi connectivity index (χ1n) is 21.2. The van der Waals surface area contributed by atoms with Gasteiger partial charge in [-0.25, -0.2) is 0 Å². The fourth-order valence-electron chi connectivity index (χ4n) is 11.7.